The van der Waals surface area contributed by atoms with E-state index in [2.05, 4.69) is 14.9 Å². The van der Waals surface area contributed by atoms with E-state index in [4.69, 9.17) is 11.6 Å². The van der Waals surface area contributed by atoms with E-state index < -0.39 is 5.97 Å². The molecule has 2 rings (SSSR count). The molecule has 1 aromatic carbocycles. The lowest BCUT2D eigenvalue weighted by Crippen LogP contribution is -2.02. The van der Waals surface area contributed by atoms with Gasteiger partial charge < -0.3 is 4.74 Å². The SMILES string of the molecule is COC(=O)c1cc(Cl)cc2cn[nH]c12. The number of esters is 1. The van der Waals surface area contributed by atoms with Gasteiger partial charge in [0.2, 0.25) is 0 Å². The van der Waals surface area contributed by atoms with Crippen LogP contribution in [-0.4, -0.2) is 23.3 Å². The number of hydrogen-bond donors (Lipinski definition) is 1. The Morgan fingerprint density at radius 1 is 1.57 bits per heavy atom. The van der Waals surface area contributed by atoms with Gasteiger partial charge in [0.05, 0.1) is 24.4 Å². The lowest BCUT2D eigenvalue weighted by molar-refractivity contribution is 0.0603. The summed E-state index contributed by atoms with van der Waals surface area (Å²) in [5.74, 6) is -0.429. The van der Waals surface area contributed by atoms with Crippen molar-refractivity contribution in [2.24, 2.45) is 0 Å². The van der Waals surface area contributed by atoms with Crippen LogP contribution in [0.3, 0.4) is 0 Å². The van der Waals surface area contributed by atoms with Crippen molar-refractivity contribution in [3.63, 3.8) is 0 Å². The second kappa shape index (κ2) is 3.31. The molecule has 0 aliphatic carbocycles. The zero-order valence-corrected chi connectivity index (χ0v) is 8.13. The van der Waals surface area contributed by atoms with Crippen LogP contribution < -0.4 is 0 Å². The highest BCUT2D eigenvalue weighted by Crippen LogP contribution is 2.22. The van der Waals surface area contributed by atoms with Gasteiger partial charge in [0.1, 0.15) is 0 Å². The summed E-state index contributed by atoms with van der Waals surface area (Å²) >= 11 is 5.83. The van der Waals surface area contributed by atoms with Crippen molar-refractivity contribution in [2.75, 3.05) is 7.11 Å². The molecule has 0 radical (unpaired) electrons. The molecule has 4 nitrogen and oxygen atoms in total. The third-order valence-corrected chi connectivity index (χ3v) is 2.14. The molecule has 0 fully saturated rings. The largest absolute Gasteiger partial charge is 0.465 e. The maximum atomic E-state index is 11.3. The predicted molar refractivity (Wildman–Crippen MR) is 52.4 cm³/mol. The number of methoxy groups -OCH3 is 1. The minimum absolute atomic E-state index is 0.396. The third-order valence-electron chi connectivity index (χ3n) is 1.92. The first-order valence-corrected chi connectivity index (χ1v) is 4.31. The Morgan fingerprint density at radius 3 is 3.07 bits per heavy atom. The highest BCUT2D eigenvalue weighted by atomic mass is 35.5. The van der Waals surface area contributed by atoms with Crippen LogP contribution in [0.1, 0.15) is 10.4 Å². The van der Waals surface area contributed by atoms with Crippen molar-refractivity contribution in [3.05, 3.63) is 28.9 Å². The Bertz CT molecular complexity index is 493. The molecule has 0 saturated heterocycles. The van der Waals surface area contributed by atoms with Crippen molar-refractivity contribution in [1.82, 2.24) is 10.2 Å². The van der Waals surface area contributed by atoms with Crippen LogP contribution in [0, 0.1) is 0 Å². The number of carbonyl (C=O) groups excluding carboxylic acids is 1. The standard InChI is InChI=1S/C9H7ClN2O2/c1-14-9(13)7-3-6(10)2-5-4-11-12-8(5)7/h2-4H,1H3,(H,11,12). The molecule has 0 spiro atoms. The van der Waals surface area contributed by atoms with Gasteiger partial charge >= 0.3 is 5.97 Å². The quantitative estimate of drug-likeness (QED) is 0.733. The molecule has 0 saturated carbocycles. The van der Waals surface area contributed by atoms with Gasteiger partial charge in [-0.3, -0.25) is 5.10 Å². The van der Waals surface area contributed by atoms with Crippen LogP contribution in [0.15, 0.2) is 18.3 Å². The zero-order chi connectivity index (χ0) is 10.1. The van der Waals surface area contributed by atoms with Gasteiger partial charge in [-0.25, -0.2) is 4.79 Å². The van der Waals surface area contributed by atoms with Crippen LogP contribution in [0.25, 0.3) is 10.9 Å². The number of fused-ring (bicyclic) bond motifs is 1. The summed E-state index contributed by atoms with van der Waals surface area (Å²) < 4.78 is 4.62. The van der Waals surface area contributed by atoms with Crippen molar-refractivity contribution in [2.45, 2.75) is 0 Å². The Kier molecular flexibility index (Phi) is 2.13. The van der Waals surface area contributed by atoms with Crippen LogP contribution in [0.2, 0.25) is 5.02 Å². The van der Waals surface area contributed by atoms with E-state index in [0.717, 1.165) is 5.39 Å². The first-order chi connectivity index (χ1) is 6.72. The molecule has 1 N–H and O–H groups in total. The smallest absolute Gasteiger partial charge is 0.340 e. The molecule has 0 unspecified atom stereocenters. The number of aromatic amines is 1. The average molecular weight is 211 g/mol. The fraction of sp³-hybridized carbons (Fsp3) is 0.111. The Morgan fingerprint density at radius 2 is 2.36 bits per heavy atom. The molecule has 0 amide bonds. The summed E-state index contributed by atoms with van der Waals surface area (Å²) in [7, 11) is 1.32. The van der Waals surface area contributed by atoms with Crippen molar-refractivity contribution < 1.29 is 9.53 Å². The van der Waals surface area contributed by atoms with Crippen molar-refractivity contribution >= 4 is 28.5 Å². The number of aromatic nitrogens is 2. The van der Waals surface area contributed by atoms with Gasteiger partial charge in [-0.15, -0.1) is 0 Å². The molecule has 0 aliphatic rings. The normalized spacial score (nSPS) is 10.4. The highest BCUT2D eigenvalue weighted by molar-refractivity contribution is 6.32. The van der Waals surface area contributed by atoms with Crippen LogP contribution in [0.4, 0.5) is 0 Å². The molecular formula is C9H7ClN2O2. The molecule has 1 heterocycles. The number of benzene rings is 1. The average Bonchev–Trinajstić information content (AvgIpc) is 2.62. The Labute approximate surface area is 84.8 Å². The predicted octanol–water partition coefficient (Wildman–Crippen LogP) is 2.00. The maximum Gasteiger partial charge on any atom is 0.340 e. The second-order valence-electron chi connectivity index (χ2n) is 2.78. The molecule has 2 aromatic rings. The van der Waals surface area contributed by atoms with E-state index in [1.807, 2.05) is 0 Å². The molecule has 1 aromatic heterocycles. The fourth-order valence-electron chi connectivity index (χ4n) is 1.29. The van der Waals surface area contributed by atoms with E-state index in [1.165, 1.54) is 7.11 Å². The number of H-pyrrole nitrogens is 1. The highest BCUT2D eigenvalue weighted by Gasteiger charge is 2.12. The summed E-state index contributed by atoms with van der Waals surface area (Å²) in [5.41, 5.74) is 1.04. The van der Waals surface area contributed by atoms with Gasteiger partial charge in [0, 0.05) is 10.4 Å². The first kappa shape index (κ1) is 9.02. The zero-order valence-electron chi connectivity index (χ0n) is 7.37. The van der Waals surface area contributed by atoms with E-state index in [9.17, 15) is 4.79 Å². The molecule has 5 heteroatoms. The summed E-state index contributed by atoms with van der Waals surface area (Å²) in [5, 5.41) is 7.82. The topological polar surface area (TPSA) is 55.0 Å². The van der Waals surface area contributed by atoms with Gasteiger partial charge in [0.25, 0.3) is 0 Å². The molecular weight excluding hydrogens is 204 g/mol. The van der Waals surface area contributed by atoms with E-state index in [0.29, 0.717) is 16.1 Å². The summed E-state index contributed by atoms with van der Waals surface area (Å²) in [6, 6.07) is 3.28. The van der Waals surface area contributed by atoms with Gasteiger partial charge in [-0.05, 0) is 12.1 Å². The van der Waals surface area contributed by atoms with Gasteiger partial charge in [-0.1, -0.05) is 11.6 Å². The number of halogens is 1. The van der Waals surface area contributed by atoms with Gasteiger partial charge in [0.15, 0.2) is 0 Å². The Hall–Kier alpha value is -1.55. The van der Waals surface area contributed by atoms with Gasteiger partial charge in [-0.2, -0.15) is 5.10 Å². The van der Waals surface area contributed by atoms with Crippen LogP contribution in [0.5, 0.6) is 0 Å². The lowest BCUT2D eigenvalue weighted by atomic mass is 10.1. The number of ether oxygens (including phenoxy) is 1. The molecule has 0 bridgehead atoms. The second-order valence-corrected chi connectivity index (χ2v) is 3.22. The first-order valence-electron chi connectivity index (χ1n) is 3.93. The number of carbonyl (C=O) groups is 1. The minimum atomic E-state index is -0.429. The van der Waals surface area contributed by atoms with E-state index in [-0.39, 0.29) is 0 Å². The summed E-state index contributed by atoms with van der Waals surface area (Å²) in [6.07, 6.45) is 1.60. The third kappa shape index (κ3) is 1.33. The number of rotatable bonds is 1. The monoisotopic (exact) mass is 210 g/mol. The van der Waals surface area contributed by atoms with E-state index in [1.54, 1.807) is 18.3 Å². The molecule has 0 atom stereocenters. The van der Waals surface area contributed by atoms with E-state index >= 15 is 0 Å². The molecule has 0 aliphatic heterocycles. The number of nitrogens with one attached hydrogen (secondary N) is 1. The summed E-state index contributed by atoms with van der Waals surface area (Å²) in [6.45, 7) is 0. The maximum absolute atomic E-state index is 11.3. The van der Waals surface area contributed by atoms with Crippen molar-refractivity contribution in [1.29, 1.82) is 0 Å². The summed E-state index contributed by atoms with van der Waals surface area (Å²) in [4.78, 5) is 11.3. The van der Waals surface area contributed by atoms with Crippen molar-refractivity contribution in [3.8, 4) is 0 Å². The molecule has 14 heavy (non-hydrogen) atoms. The van der Waals surface area contributed by atoms with Crippen LogP contribution in [-0.2, 0) is 4.74 Å². The van der Waals surface area contributed by atoms with Crippen LogP contribution >= 0.6 is 11.6 Å². The number of hydrogen-bond acceptors (Lipinski definition) is 3. The Balaban J connectivity index is 2.72. The lowest BCUT2D eigenvalue weighted by Gasteiger charge is -2.00. The fourth-order valence-corrected chi connectivity index (χ4v) is 1.52. The molecule has 72 valence electrons. The number of nitrogens with zero attached hydrogens (tertiary/aromatic N) is 1. The minimum Gasteiger partial charge on any atom is -0.465 e.